The fraction of sp³-hybridized carbons (Fsp3) is 0.462. The first-order chi connectivity index (χ1) is 10.3. The van der Waals surface area contributed by atoms with Crippen molar-refractivity contribution in [1.82, 2.24) is 9.62 Å². The largest absolute Gasteiger partial charge is 0.378 e. The summed E-state index contributed by atoms with van der Waals surface area (Å²) in [5.41, 5.74) is 0. The summed E-state index contributed by atoms with van der Waals surface area (Å²) in [5.74, 6) is -0.292. The first-order valence-electron chi connectivity index (χ1n) is 6.64. The second-order valence-corrected chi connectivity index (χ2v) is 7.47. The van der Waals surface area contributed by atoms with E-state index < -0.39 is 16.1 Å². The average Bonchev–Trinajstić information content (AvgIpc) is 2.46. The summed E-state index contributed by atoms with van der Waals surface area (Å²) in [5, 5.41) is 0.417. The van der Waals surface area contributed by atoms with Gasteiger partial charge >= 0.3 is 0 Å². The van der Waals surface area contributed by atoms with E-state index in [1.807, 2.05) is 0 Å². The Kier molecular flexibility index (Phi) is 5.68. The van der Waals surface area contributed by atoms with Gasteiger partial charge in [0.1, 0.15) is 0 Å². The summed E-state index contributed by atoms with van der Waals surface area (Å²) >= 11 is 11.6. The van der Waals surface area contributed by atoms with Crippen molar-refractivity contribution in [3.63, 3.8) is 0 Å². The van der Waals surface area contributed by atoms with Gasteiger partial charge in [-0.1, -0.05) is 23.2 Å². The number of carbonyl (C=O) groups excluding carboxylic acids is 1. The molecule has 22 heavy (non-hydrogen) atoms. The molecule has 1 unspecified atom stereocenters. The minimum absolute atomic E-state index is 0.0772. The zero-order valence-corrected chi connectivity index (χ0v) is 14.2. The van der Waals surface area contributed by atoms with Gasteiger partial charge in [-0.15, -0.1) is 0 Å². The molecule has 1 aromatic carbocycles. The summed E-state index contributed by atoms with van der Waals surface area (Å²) in [4.78, 5) is 13.7. The molecule has 0 spiro atoms. The minimum atomic E-state index is -3.89. The quantitative estimate of drug-likeness (QED) is 0.876. The van der Waals surface area contributed by atoms with E-state index in [1.54, 1.807) is 4.90 Å². The number of nitrogens with one attached hydrogen (secondary N) is 1. The van der Waals surface area contributed by atoms with Crippen LogP contribution in [0.1, 0.15) is 6.92 Å². The summed E-state index contributed by atoms with van der Waals surface area (Å²) in [6.45, 7) is 3.31. The second-order valence-electron chi connectivity index (χ2n) is 4.89. The summed E-state index contributed by atoms with van der Waals surface area (Å²) in [6, 6.07) is 3.11. The Morgan fingerprint density at radius 1 is 1.23 bits per heavy atom. The van der Waals surface area contributed by atoms with Crippen LogP contribution in [0.4, 0.5) is 0 Å². The predicted molar refractivity (Wildman–Crippen MR) is 83.6 cm³/mol. The number of hydrogen-bond acceptors (Lipinski definition) is 4. The van der Waals surface area contributed by atoms with Gasteiger partial charge in [-0.25, -0.2) is 8.42 Å². The van der Waals surface area contributed by atoms with Crippen LogP contribution in [-0.2, 0) is 19.6 Å². The number of rotatable bonds is 4. The molecule has 0 aliphatic carbocycles. The van der Waals surface area contributed by atoms with Gasteiger partial charge in [0.2, 0.25) is 15.9 Å². The summed E-state index contributed by atoms with van der Waals surface area (Å²) in [6.07, 6.45) is 0. The number of nitrogens with zero attached hydrogens (tertiary/aromatic N) is 1. The fourth-order valence-corrected chi connectivity index (χ4v) is 4.01. The molecule has 2 rings (SSSR count). The van der Waals surface area contributed by atoms with E-state index in [1.165, 1.54) is 25.1 Å². The van der Waals surface area contributed by atoms with Crippen LogP contribution < -0.4 is 4.72 Å². The van der Waals surface area contributed by atoms with Gasteiger partial charge in [0.15, 0.2) is 0 Å². The number of benzene rings is 1. The molecule has 9 heteroatoms. The highest BCUT2D eigenvalue weighted by molar-refractivity contribution is 7.89. The summed E-state index contributed by atoms with van der Waals surface area (Å²) < 4.78 is 32.1. The van der Waals surface area contributed by atoms with E-state index in [2.05, 4.69) is 4.72 Å². The molecule has 0 bridgehead atoms. The Labute approximate surface area is 139 Å². The number of sulfonamides is 1. The SMILES string of the molecule is CC(NS(=O)(=O)c1cc(Cl)cc(Cl)c1)C(=O)N1CCOCC1. The van der Waals surface area contributed by atoms with Crippen LogP contribution in [0.2, 0.25) is 10.0 Å². The molecule has 6 nitrogen and oxygen atoms in total. The molecule has 1 N–H and O–H groups in total. The first-order valence-corrected chi connectivity index (χ1v) is 8.88. The Morgan fingerprint density at radius 2 is 1.77 bits per heavy atom. The van der Waals surface area contributed by atoms with Crippen molar-refractivity contribution in [3.8, 4) is 0 Å². The lowest BCUT2D eigenvalue weighted by Crippen LogP contribution is -2.50. The lowest BCUT2D eigenvalue weighted by molar-refractivity contribution is -0.136. The lowest BCUT2D eigenvalue weighted by atomic mass is 10.3. The molecular weight excluding hydrogens is 351 g/mol. The number of hydrogen-bond donors (Lipinski definition) is 1. The zero-order valence-electron chi connectivity index (χ0n) is 11.9. The molecule has 1 aliphatic heterocycles. The van der Waals surface area contributed by atoms with Crippen LogP contribution >= 0.6 is 23.2 Å². The third kappa shape index (κ3) is 4.33. The minimum Gasteiger partial charge on any atom is -0.378 e. The summed E-state index contributed by atoms with van der Waals surface area (Å²) in [7, 11) is -3.89. The van der Waals surface area contributed by atoms with Gasteiger partial charge in [0.25, 0.3) is 0 Å². The molecule has 1 fully saturated rings. The molecule has 1 aromatic rings. The lowest BCUT2D eigenvalue weighted by Gasteiger charge is -2.29. The molecule has 1 saturated heterocycles. The Balaban J connectivity index is 2.11. The van der Waals surface area contributed by atoms with Crippen molar-refractivity contribution in [2.45, 2.75) is 17.9 Å². The van der Waals surface area contributed by atoms with Crippen molar-refractivity contribution in [3.05, 3.63) is 28.2 Å². The highest BCUT2D eigenvalue weighted by atomic mass is 35.5. The van der Waals surface area contributed by atoms with Crippen molar-refractivity contribution in [1.29, 1.82) is 0 Å². The monoisotopic (exact) mass is 366 g/mol. The number of halogens is 2. The molecule has 122 valence electrons. The third-order valence-electron chi connectivity index (χ3n) is 3.17. The molecule has 1 heterocycles. The number of ether oxygens (including phenoxy) is 1. The standard InChI is InChI=1S/C13H16Cl2N2O4S/c1-9(13(18)17-2-4-21-5-3-17)16-22(19,20)12-7-10(14)6-11(15)8-12/h6-9,16H,2-5H2,1H3. The highest BCUT2D eigenvalue weighted by Crippen LogP contribution is 2.22. The molecule has 0 radical (unpaired) electrons. The molecule has 1 aliphatic rings. The van der Waals surface area contributed by atoms with E-state index in [9.17, 15) is 13.2 Å². The van der Waals surface area contributed by atoms with E-state index >= 15 is 0 Å². The van der Waals surface area contributed by atoms with E-state index in [0.29, 0.717) is 26.3 Å². The second kappa shape index (κ2) is 7.14. The van der Waals surface area contributed by atoms with Crippen LogP contribution in [0, 0.1) is 0 Å². The van der Waals surface area contributed by atoms with Crippen LogP contribution in [0.5, 0.6) is 0 Å². The van der Waals surface area contributed by atoms with Crippen LogP contribution in [-0.4, -0.2) is 51.6 Å². The van der Waals surface area contributed by atoms with Gasteiger partial charge < -0.3 is 9.64 Å². The maximum absolute atomic E-state index is 12.3. The van der Waals surface area contributed by atoms with E-state index in [-0.39, 0.29) is 20.8 Å². The molecule has 0 aromatic heterocycles. The van der Waals surface area contributed by atoms with Gasteiger partial charge in [-0.2, -0.15) is 4.72 Å². The average molecular weight is 367 g/mol. The van der Waals surface area contributed by atoms with Crippen LogP contribution in [0.3, 0.4) is 0 Å². The Hall–Kier alpha value is -0.860. The van der Waals surface area contributed by atoms with Crippen LogP contribution in [0.25, 0.3) is 0 Å². The Morgan fingerprint density at radius 3 is 2.32 bits per heavy atom. The van der Waals surface area contributed by atoms with Crippen molar-refractivity contribution >= 4 is 39.1 Å². The zero-order chi connectivity index (χ0) is 16.3. The number of morpholine rings is 1. The van der Waals surface area contributed by atoms with Gasteiger partial charge in [0.05, 0.1) is 24.2 Å². The molecule has 1 atom stereocenters. The smallest absolute Gasteiger partial charge is 0.241 e. The predicted octanol–water partition coefficient (Wildman–Crippen LogP) is 1.52. The first kappa shape index (κ1) is 17.5. The van der Waals surface area contributed by atoms with Gasteiger partial charge in [-0.3, -0.25) is 4.79 Å². The topological polar surface area (TPSA) is 75.7 Å². The maximum atomic E-state index is 12.3. The van der Waals surface area contributed by atoms with Gasteiger partial charge in [0, 0.05) is 23.1 Å². The Bertz CT molecular complexity index is 640. The highest BCUT2D eigenvalue weighted by Gasteiger charge is 2.27. The van der Waals surface area contributed by atoms with E-state index in [4.69, 9.17) is 27.9 Å². The van der Waals surface area contributed by atoms with E-state index in [0.717, 1.165) is 0 Å². The number of carbonyl (C=O) groups is 1. The third-order valence-corrected chi connectivity index (χ3v) is 5.13. The molecule has 0 saturated carbocycles. The number of amides is 1. The normalized spacial score (nSPS) is 17.3. The van der Waals surface area contributed by atoms with Crippen LogP contribution in [0.15, 0.2) is 23.1 Å². The van der Waals surface area contributed by atoms with Gasteiger partial charge in [-0.05, 0) is 25.1 Å². The fourth-order valence-electron chi connectivity index (χ4n) is 2.09. The van der Waals surface area contributed by atoms with Crippen molar-refractivity contribution in [2.24, 2.45) is 0 Å². The maximum Gasteiger partial charge on any atom is 0.241 e. The van der Waals surface area contributed by atoms with Crippen molar-refractivity contribution in [2.75, 3.05) is 26.3 Å². The molecular formula is C13H16Cl2N2O4S. The molecule has 1 amide bonds. The van der Waals surface area contributed by atoms with Crippen molar-refractivity contribution < 1.29 is 17.9 Å².